The molecule has 4 nitrogen and oxygen atoms in total. The molecule has 2 N–H and O–H groups in total. The Morgan fingerprint density at radius 1 is 1.32 bits per heavy atom. The minimum Gasteiger partial charge on any atom is -0.384 e. The van der Waals surface area contributed by atoms with E-state index in [1.54, 1.807) is 24.7 Å². The van der Waals surface area contributed by atoms with Crippen molar-refractivity contribution in [2.75, 3.05) is 0 Å². The molecule has 3 heterocycles. The lowest BCUT2D eigenvalue weighted by molar-refractivity contribution is 0.221. The maximum atomic E-state index is 10.5. The molecule has 19 heavy (non-hydrogen) atoms. The van der Waals surface area contributed by atoms with Gasteiger partial charge in [0.15, 0.2) is 0 Å². The van der Waals surface area contributed by atoms with Crippen molar-refractivity contribution >= 4 is 38.6 Å². The molecule has 0 aliphatic carbocycles. The van der Waals surface area contributed by atoms with Gasteiger partial charge in [-0.05, 0) is 34.1 Å². The van der Waals surface area contributed by atoms with Gasteiger partial charge >= 0.3 is 0 Å². The molecule has 0 fully saturated rings. The largest absolute Gasteiger partial charge is 0.384 e. The van der Waals surface area contributed by atoms with Gasteiger partial charge in [-0.2, -0.15) is 0 Å². The fourth-order valence-electron chi connectivity index (χ4n) is 2.01. The molecule has 3 aromatic heterocycles. The van der Waals surface area contributed by atoms with Gasteiger partial charge < -0.3 is 10.1 Å². The normalized spacial score (nSPS) is 12.8. The van der Waals surface area contributed by atoms with Gasteiger partial charge in [0.25, 0.3) is 0 Å². The van der Waals surface area contributed by atoms with Gasteiger partial charge in [0.1, 0.15) is 16.9 Å². The van der Waals surface area contributed by atoms with Crippen molar-refractivity contribution in [2.45, 2.75) is 6.10 Å². The zero-order valence-corrected chi connectivity index (χ0v) is 12.0. The minimum absolute atomic E-state index is 0.343. The van der Waals surface area contributed by atoms with Gasteiger partial charge in [-0.3, -0.25) is 0 Å². The number of hydrogen-bond donors (Lipinski definition) is 2. The number of aliphatic hydroxyl groups is 1. The van der Waals surface area contributed by atoms with Crippen molar-refractivity contribution in [3.8, 4) is 0 Å². The first-order valence-corrected chi connectivity index (χ1v) is 6.75. The molecule has 6 heteroatoms. The molecule has 1 atom stereocenters. The molecule has 1 unspecified atom stereocenters. The monoisotopic (exact) mass is 337 g/mol. The maximum absolute atomic E-state index is 10.5. The molecule has 0 saturated carbocycles. The molecular formula is C13H9BrClN3O. The van der Waals surface area contributed by atoms with Gasteiger partial charge in [-0.25, -0.2) is 9.97 Å². The second-order valence-corrected chi connectivity index (χ2v) is 5.32. The van der Waals surface area contributed by atoms with Crippen molar-refractivity contribution in [3.05, 3.63) is 57.5 Å². The van der Waals surface area contributed by atoms with Crippen LogP contribution in [0.2, 0.25) is 5.15 Å². The zero-order valence-electron chi connectivity index (χ0n) is 9.64. The molecule has 0 aromatic carbocycles. The van der Waals surface area contributed by atoms with Crippen molar-refractivity contribution in [1.29, 1.82) is 0 Å². The molecule has 0 amide bonds. The predicted octanol–water partition coefficient (Wildman–Crippen LogP) is 3.46. The standard InChI is InChI=1S/C13H9BrClN3O/c14-10-6-17-11(15)4-8(10)12(19)9-5-18-13-7(9)2-1-3-16-13/h1-6,12,19H,(H,16,18). The molecule has 0 aliphatic rings. The van der Waals surface area contributed by atoms with Gasteiger partial charge in [-0.1, -0.05) is 11.6 Å². The molecule has 0 saturated heterocycles. The summed E-state index contributed by atoms with van der Waals surface area (Å²) < 4.78 is 0.711. The van der Waals surface area contributed by atoms with E-state index in [2.05, 4.69) is 30.9 Å². The fourth-order valence-corrected chi connectivity index (χ4v) is 2.61. The Labute approximate surface area is 122 Å². The Morgan fingerprint density at radius 2 is 2.16 bits per heavy atom. The maximum Gasteiger partial charge on any atom is 0.137 e. The predicted molar refractivity (Wildman–Crippen MR) is 77.1 cm³/mol. The number of nitrogens with one attached hydrogen (secondary N) is 1. The minimum atomic E-state index is -0.798. The summed E-state index contributed by atoms with van der Waals surface area (Å²) in [5, 5.41) is 11.7. The lowest BCUT2D eigenvalue weighted by Gasteiger charge is -2.12. The molecule has 0 radical (unpaired) electrons. The number of aromatic nitrogens is 3. The van der Waals surface area contributed by atoms with Crippen LogP contribution >= 0.6 is 27.5 Å². The molecular weight excluding hydrogens is 330 g/mol. The van der Waals surface area contributed by atoms with E-state index >= 15 is 0 Å². The summed E-state index contributed by atoms with van der Waals surface area (Å²) in [6.45, 7) is 0. The van der Waals surface area contributed by atoms with Crippen molar-refractivity contribution in [1.82, 2.24) is 15.0 Å². The van der Waals surface area contributed by atoms with Crippen LogP contribution in [0.15, 0.2) is 41.3 Å². The number of pyridine rings is 2. The average molecular weight is 339 g/mol. The molecule has 0 bridgehead atoms. The number of halogens is 2. The topological polar surface area (TPSA) is 61.8 Å². The Bertz CT molecular complexity index is 744. The summed E-state index contributed by atoms with van der Waals surface area (Å²) in [5.74, 6) is 0. The molecule has 0 spiro atoms. The van der Waals surface area contributed by atoms with E-state index in [0.717, 1.165) is 16.6 Å². The molecule has 3 rings (SSSR count). The summed E-state index contributed by atoms with van der Waals surface area (Å²) in [6, 6.07) is 5.39. The number of rotatable bonds is 2. The van der Waals surface area contributed by atoms with Crippen LogP contribution in [-0.2, 0) is 0 Å². The summed E-state index contributed by atoms with van der Waals surface area (Å²) in [6.07, 6.45) is 4.23. The Kier molecular flexibility index (Phi) is 3.26. The Hall–Kier alpha value is -1.43. The summed E-state index contributed by atoms with van der Waals surface area (Å²) in [5.41, 5.74) is 2.17. The lowest BCUT2D eigenvalue weighted by atomic mass is 10.0. The van der Waals surface area contributed by atoms with E-state index in [4.69, 9.17) is 11.6 Å². The van der Waals surface area contributed by atoms with Gasteiger partial charge in [0, 0.05) is 39.6 Å². The van der Waals surface area contributed by atoms with Crippen LogP contribution in [0, 0.1) is 0 Å². The summed E-state index contributed by atoms with van der Waals surface area (Å²) in [7, 11) is 0. The zero-order chi connectivity index (χ0) is 13.4. The van der Waals surface area contributed by atoms with Gasteiger partial charge in [0.05, 0.1) is 0 Å². The lowest BCUT2D eigenvalue weighted by Crippen LogP contribution is -2.00. The third kappa shape index (κ3) is 2.25. The van der Waals surface area contributed by atoms with E-state index in [1.165, 1.54) is 0 Å². The number of H-pyrrole nitrogens is 1. The number of hydrogen-bond acceptors (Lipinski definition) is 3. The SMILES string of the molecule is OC(c1cc(Cl)ncc1Br)c1c[nH]c2ncccc12. The Morgan fingerprint density at radius 3 is 3.00 bits per heavy atom. The van der Waals surface area contributed by atoms with Crippen molar-refractivity contribution in [2.24, 2.45) is 0 Å². The van der Waals surface area contributed by atoms with Crippen LogP contribution in [-0.4, -0.2) is 20.1 Å². The highest BCUT2D eigenvalue weighted by atomic mass is 79.9. The van der Waals surface area contributed by atoms with Gasteiger partial charge in [0.2, 0.25) is 0 Å². The third-order valence-corrected chi connectivity index (χ3v) is 3.79. The highest BCUT2D eigenvalue weighted by Gasteiger charge is 2.18. The smallest absolute Gasteiger partial charge is 0.137 e. The second kappa shape index (κ2) is 4.92. The molecule has 0 aliphatic heterocycles. The van der Waals surface area contributed by atoms with E-state index in [-0.39, 0.29) is 0 Å². The van der Waals surface area contributed by atoms with Crippen molar-refractivity contribution in [3.63, 3.8) is 0 Å². The van der Waals surface area contributed by atoms with Crippen LogP contribution in [0.1, 0.15) is 17.2 Å². The number of aliphatic hydroxyl groups excluding tert-OH is 1. The Balaban J connectivity index is 2.13. The fraction of sp³-hybridized carbons (Fsp3) is 0.0769. The first-order valence-electron chi connectivity index (χ1n) is 5.58. The summed E-state index contributed by atoms with van der Waals surface area (Å²) >= 11 is 9.25. The first-order chi connectivity index (χ1) is 9.16. The average Bonchev–Trinajstić information content (AvgIpc) is 2.84. The van der Waals surface area contributed by atoms with Crippen LogP contribution in [0.25, 0.3) is 11.0 Å². The second-order valence-electron chi connectivity index (χ2n) is 4.07. The van der Waals surface area contributed by atoms with Gasteiger partial charge in [-0.15, -0.1) is 0 Å². The molecule has 3 aromatic rings. The first kappa shape index (κ1) is 12.6. The highest BCUT2D eigenvalue weighted by Crippen LogP contribution is 2.32. The highest BCUT2D eigenvalue weighted by molar-refractivity contribution is 9.10. The van der Waals surface area contributed by atoms with Crippen LogP contribution < -0.4 is 0 Å². The number of aromatic amines is 1. The van der Waals surface area contributed by atoms with Crippen LogP contribution in [0.4, 0.5) is 0 Å². The van der Waals surface area contributed by atoms with E-state index in [1.807, 2.05) is 12.1 Å². The molecule has 96 valence electrons. The third-order valence-electron chi connectivity index (χ3n) is 2.92. The number of nitrogens with zero attached hydrogens (tertiary/aromatic N) is 2. The summed E-state index contributed by atoms with van der Waals surface area (Å²) in [4.78, 5) is 11.2. The van der Waals surface area contributed by atoms with Crippen molar-refractivity contribution < 1.29 is 5.11 Å². The van der Waals surface area contributed by atoms with E-state index in [9.17, 15) is 5.11 Å². The van der Waals surface area contributed by atoms with E-state index in [0.29, 0.717) is 15.2 Å². The van der Waals surface area contributed by atoms with Crippen LogP contribution in [0.5, 0.6) is 0 Å². The number of fused-ring (bicyclic) bond motifs is 1. The quantitative estimate of drug-likeness (QED) is 0.704. The van der Waals surface area contributed by atoms with E-state index < -0.39 is 6.10 Å². The van der Waals surface area contributed by atoms with Crippen LogP contribution in [0.3, 0.4) is 0 Å².